The normalized spacial score (nSPS) is 18.5. The highest BCUT2D eigenvalue weighted by Crippen LogP contribution is 2.26. The zero-order chi connectivity index (χ0) is 21.1. The lowest BCUT2D eigenvalue weighted by molar-refractivity contribution is 0.0272. The number of rotatable bonds is 6. The Bertz CT molecular complexity index is 1030. The topological polar surface area (TPSA) is 95.1 Å². The molecule has 1 unspecified atom stereocenters. The zero-order valence-corrected chi connectivity index (χ0v) is 17.5. The molecule has 0 radical (unpaired) electrons. The van der Waals surface area contributed by atoms with E-state index in [4.69, 9.17) is 22.1 Å². The van der Waals surface area contributed by atoms with Crippen LogP contribution in [0.4, 0.5) is 5.82 Å². The average Bonchev–Trinajstić information content (AvgIpc) is 3.36. The van der Waals surface area contributed by atoms with Crippen molar-refractivity contribution in [3.05, 3.63) is 65.1 Å². The van der Waals surface area contributed by atoms with Crippen LogP contribution in [0.5, 0.6) is 0 Å². The summed E-state index contributed by atoms with van der Waals surface area (Å²) in [7, 11) is 1.84. The van der Waals surface area contributed by atoms with Crippen molar-refractivity contribution in [1.82, 2.24) is 20.1 Å². The Morgan fingerprint density at radius 1 is 1.27 bits per heavy atom. The summed E-state index contributed by atoms with van der Waals surface area (Å²) < 4.78 is 7.79. The van der Waals surface area contributed by atoms with Gasteiger partial charge < -0.3 is 15.8 Å². The molecule has 0 spiro atoms. The smallest absolute Gasteiger partial charge is 0.255 e. The Kier molecular flexibility index (Phi) is 6.01. The maximum Gasteiger partial charge on any atom is 0.255 e. The maximum absolute atomic E-state index is 12.9. The minimum absolute atomic E-state index is 0.0414. The molecule has 1 aromatic carbocycles. The van der Waals surface area contributed by atoms with Gasteiger partial charge in [-0.2, -0.15) is 5.10 Å². The predicted molar refractivity (Wildman–Crippen MR) is 116 cm³/mol. The van der Waals surface area contributed by atoms with E-state index in [2.05, 4.69) is 15.4 Å². The molecule has 30 heavy (non-hydrogen) atoms. The molecule has 1 aliphatic carbocycles. The number of carbonyl (C=O) groups excluding carboxylic acids is 1. The van der Waals surface area contributed by atoms with Crippen LogP contribution in [0.25, 0.3) is 11.1 Å². The van der Waals surface area contributed by atoms with Gasteiger partial charge in [-0.15, -0.1) is 0 Å². The third-order valence-electron chi connectivity index (χ3n) is 5.35. The van der Waals surface area contributed by atoms with Crippen LogP contribution in [0.1, 0.15) is 35.2 Å². The second-order valence-electron chi connectivity index (χ2n) is 7.55. The van der Waals surface area contributed by atoms with E-state index in [-0.39, 0.29) is 23.9 Å². The summed E-state index contributed by atoms with van der Waals surface area (Å²) in [6.45, 7) is 0.481. The molecule has 8 heteroatoms. The number of pyridine rings is 1. The fourth-order valence-electron chi connectivity index (χ4n) is 3.71. The number of nitrogens with zero attached hydrogens (tertiary/aromatic N) is 3. The van der Waals surface area contributed by atoms with Gasteiger partial charge in [0.1, 0.15) is 5.82 Å². The van der Waals surface area contributed by atoms with Crippen LogP contribution in [0.15, 0.2) is 48.9 Å². The van der Waals surface area contributed by atoms with Crippen molar-refractivity contribution >= 4 is 23.3 Å². The molecule has 0 bridgehead atoms. The summed E-state index contributed by atoms with van der Waals surface area (Å²) in [4.78, 5) is 17.1. The molecule has 0 saturated heterocycles. The van der Waals surface area contributed by atoms with Crippen molar-refractivity contribution in [2.24, 2.45) is 7.05 Å². The molecule has 1 fully saturated rings. The quantitative estimate of drug-likeness (QED) is 0.629. The van der Waals surface area contributed by atoms with Crippen molar-refractivity contribution in [1.29, 1.82) is 0 Å². The van der Waals surface area contributed by atoms with Crippen molar-refractivity contribution in [2.75, 3.05) is 5.73 Å². The molecule has 1 aliphatic rings. The molecule has 2 aromatic heterocycles. The Morgan fingerprint density at radius 2 is 2.07 bits per heavy atom. The fourth-order valence-corrected chi connectivity index (χ4v) is 3.83. The molecule has 4 rings (SSSR count). The van der Waals surface area contributed by atoms with Crippen LogP contribution in [-0.4, -0.2) is 32.8 Å². The number of hydrogen-bond donors (Lipinski definition) is 2. The number of aromatic nitrogens is 3. The Hall–Kier alpha value is -2.90. The minimum Gasteiger partial charge on any atom is -0.383 e. The van der Waals surface area contributed by atoms with Gasteiger partial charge in [0.05, 0.1) is 30.5 Å². The van der Waals surface area contributed by atoms with E-state index in [9.17, 15) is 4.79 Å². The number of amides is 1. The minimum atomic E-state index is -0.238. The molecule has 7 nitrogen and oxygen atoms in total. The summed E-state index contributed by atoms with van der Waals surface area (Å²) in [5.74, 6) is -0.0329. The first kappa shape index (κ1) is 20.4. The zero-order valence-electron chi connectivity index (χ0n) is 16.7. The first-order valence-corrected chi connectivity index (χ1v) is 10.3. The van der Waals surface area contributed by atoms with Gasteiger partial charge in [-0.25, -0.2) is 4.98 Å². The number of halogens is 1. The van der Waals surface area contributed by atoms with E-state index in [0.717, 1.165) is 36.0 Å². The van der Waals surface area contributed by atoms with Crippen LogP contribution in [0.2, 0.25) is 5.02 Å². The summed E-state index contributed by atoms with van der Waals surface area (Å²) in [5.41, 5.74) is 9.08. The highest BCUT2D eigenvalue weighted by atomic mass is 35.5. The molecule has 156 valence electrons. The molecule has 0 aliphatic heterocycles. The summed E-state index contributed by atoms with van der Waals surface area (Å²) in [6, 6.07) is 9.28. The van der Waals surface area contributed by atoms with Crippen molar-refractivity contribution < 1.29 is 9.53 Å². The Balaban J connectivity index is 1.43. The first-order chi connectivity index (χ1) is 14.5. The van der Waals surface area contributed by atoms with Crippen LogP contribution in [0.3, 0.4) is 0 Å². The van der Waals surface area contributed by atoms with Gasteiger partial charge in [0, 0.05) is 35.6 Å². The first-order valence-electron chi connectivity index (χ1n) is 9.91. The molecular formula is C22H24ClN5O2. The number of aryl methyl sites for hydroxylation is 1. The monoisotopic (exact) mass is 425 g/mol. The average molecular weight is 426 g/mol. The molecule has 3 aromatic rings. The van der Waals surface area contributed by atoms with Crippen LogP contribution >= 0.6 is 11.6 Å². The lowest BCUT2D eigenvalue weighted by Crippen LogP contribution is -2.41. The van der Waals surface area contributed by atoms with Crippen molar-refractivity contribution in [3.63, 3.8) is 0 Å². The van der Waals surface area contributed by atoms with Gasteiger partial charge in [-0.05, 0) is 43.0 Å². The van der Waals surface area contributed by atoms with Crippen LogP contribution in [-0.2, 0) is 18.4 Å². The second kappa shape index (κ2) is 8.85. The predicted octanol–water partition coefficient (Wildman–Crippen LogP) is 3.59. The number of nitrogens with one attached hydrogen (secondary N) is 1. The van der Waals surface area contributed by atoms with E-state index in [1.807, 2.05) is 37.5 Å². The molecule has 3 N–H and O–H groups in total. The van der Waals surface area contributed by atoms with E-state index in [1.54, 1.807) is 23.1 Å². The third kappa shape index (κ3) is 4.63. The summed E-state index contributed by atoms with van der Waals surface area (Å²) in [6.07, 6.45) is 7.98. The molecule has 2 atom stereocenters. The fraction of sp³-hybridized carbons (Fsp3) is 0.318. The summed E-state index contributed by atoms with van der Waals surface area (Å²) in [5, 5.41) is 7.95. The van der Waals surface area contributed by atoms with Gasteiger partial charge in [0.15, 0.2) is 0 Å². The summed E-state index contributed by atoms with van der Waals surface area (Å²) >= 11 is 5.93. The van der Waals surface area contributed by atoms with Gasteiger partial charge in [0.2, 0.25) is 0 Å². The number of benzene rings is 1. The van der Waals surface area contributed by atoms with Gasteiger partial charge >= 0.3 is 0 Å². The van der Waals surface area contributed by atoms with E-state index < -0.39 is 0 Å². The lowest BCUT2D eigenvalue weighted by Gasteiger charge is -2.22. The highest BCUT2D eigenvalue weighted by Gasteiger charge is 2.30. The number of carbonyl (C=O) groups is 1. The molecule has 1 saturated carbocycles. The molecular weight excluding hydrogens is 402 g/mol. The SMILES string of the molecule is Cn1cc(-c2cnc(N)c(C(=O)N[C@H]3CCCC3OCc3ccc(Cl)cc3)c2)cn1. The largest absolute Gasteiger partial charge is 0.383 e. The van der Waals surface area contributed by atoms with E-state index in [0.29, 0.717) is 17.2 Å². The van der Waals surface area contributed by atoms with Crippen molar-refractivity contribution in [3.8, 4) is 11.1 Å². The third-order valence-corrected chi connectivity index (χ3v) is 5.60. The van der Waals surface area contributed by atoms with E-state index >= 15 is 0 Å². The Morgan fingerprint density at radius 3 is 2.80 bits per heavy atom. The molecule has 2 heterocycles. The van der Waals surface area contributed by atoms with Crippen LogP contribution in [0, 0.1) is 0 Å². The number of ether oxygens (including phenoxy) is 1. The molecule has 1 amide bonds. The Labute approximate surface area is 180 Å². The van der Waals surface area contributed by atoms with Gasteiger partial charge in [-0.1, -0.05) is 23.7 Å². The lowest BCUT2D eigenvalue weighted by atomic mass is 10.1. The second-order valence-corrected chi connectivity index (χ2v) is 7.98. The number of hydrogen-bond acceptors (Lipinski definition) is 5. The van der Waals surface area contributed by atoms with E-state index in [1.165, 1.54) is 0 Å². The number of anilines is 1. The maximum atomic E-state index is 12.9. The van der Waals surface area contributed by atoms with Crippen molar-refractivity contribution in [2.45, 2.75) is 38.0 Å². The van der Waals surface area contributed by atoms with Gasteiger partial charge in [-0.3, -0.25) is 9.48 Å². The highest BCUT2D eigenvalue weighted by molar-refractivity contribution is 6.30. The number of nitrogen functional groups attached to an aromatic ring is 1. The number of nitrogens with two attached hydrogens (primary N) is 1. The standard InChI is InChI=1S/C22H24ClN5O2/c1-28-12-16(11-26-28)15-9-18(21(24)25-10-15)22(29)27-19-3-2-4-20(19)30-13-14-5-7-17(23)8-6-14/h5-12,19-20H,2-4,13H2,1H3,(H2,24,25)(H,27,29)/t19-,20?/m0/s1. The van der Waals surface area contributed by atoms with Gasteiger partial charge in [0.25, 0.3) is 5.91 Å². The van der Waals surface area contributed by atoms with Crippen LogP contribution < -0.4 is 11.1 Å².